The number of fused-ring (bicyclic) bond motifs is 1. The molecule has 3 rings (SSSR count). The summed E-state index contributed by atoms with van der Waals surface area (Å²) in [5.74, 6) is -2.90. The minimum absolute atomic E-state index is 0.0422. The van der Waals surface area contributed by atoms with Crippen molar-refractivity contribution in [1.29, 1.82) is 0 Å². The second-order valence-corrected chi connectivity index (χ2v) is 10.00. The van der Waals surface area contributed by atoms with Crippen LogP contribution in [0.5, 0.6) is 0 Å². The predicted molar refractivity (Wildman–Crippen MR) is 97.1 cm³/mol. The van der Waals surface area contributed by atoms with Crippen LogP contribution in [0.1, 0.15) is 6.92 Å². The van der Waals surface area contributed by atoms with Crippen LogP contribution in [-0.4, -0.2) is 71.2 Å². The molecule has 3 heterocycles. The highest BCUT2D eigenvalue weighted by Crippen LogP contribution is 2.51. The molecule has 13 heteroatoms. The number of aliphatic hydroxyl groups excluding tert-OH is 1. The van der Waals surface area contributed by atoms with Gasteiger partial charge in [0.15, 0.2) is 8.68 Å². The lowest BCUT2D eigenvalue weighted by atomic mass is 9.92. The second-order valence-electron chi connectivity index (χ2n) is 5.36. The van der Waals surface area contributed by atoms with Gasteiger partial charge in [0.1, 0.15) is 11.1 Å². The first-order valence-electron chi connectivity index (χ1n) is 7.24. The zero-order chi connectivity index (χ0) is 19.0. The van der Waals surface area contributed by atoms with Gasteiger partial charge in [0.05, 0.1) is 17.8 Å². The minimum Gasteiger partial charge on any atom is -0.481 e. The van der Waals surface area contributed by atoms with E-state index in [1.165, 1.54) is 46.7 Å². The Morgan fingerprint density at radius 3 is 2.50 bits per heavy atom. The highest BCUT2D eigenvalue weighted by Gasteiger charge is 2.57. The summed E-state index contributed by atoms with van der Waals surface area (Å²) in [5, 5.41) is 35.3. The Hall–Kier alpha value is -1.28. The highest BCUT2D eigenvalue weighted by molar-refractivity contribution is 8.07. The Morgan fingerprint density at radius 1 is 1.27 bits per heavy atom. The number of hydrogen-bond acceptors (Lipinski definition) is 10. The van der Waals surface area contributed by atoms with Crippen LogP contribution in [0.4, 0.5) is 0 Å². The van der Waals surface area contributed by atoms with E-state index in [-0.39, 0.29) is 22.7 Å². The molecule has 0 aromatic carbocycles. The molecule has 0 saturated carbocycles. The Balaban J connectivity index is 1.67. The normalized spacial score (nSPS) is 23.0. The molecular weight excluding hydrogens is 422 g/mol. The number of aliphatic hydroxyl groups is 1. The van der Waals surface area contributed by atoms with Crippen molar-refractivity contribution in [2.75, 3.05) is 11.5 Å². The number of amides is 1. The smallest absolute Gasteiger partial charge is 0.353 e. The van der Waals surface area contributed by atoms with Crippen molar-refractivity contribution < 1.29 is 29.7 Å². The van der Waals surface area contributed by atoms with Crippen LogP contribution in [0.25, 0.3) is 0 Å². The predicted octanol–water partition coefficient (Wildman–Crippen LogP) is 1.02. The Kier molecular flexibility index (Phi) is 5.81. The number of carboxylic acids is 2. The van der Waals surface area contributed by atoms with Crippen LogP contribution in [0.2, 0.25) is 0 Å². The van der Waals surface area contributed by atoms with Crippen molar-refractivity contribution in [3.05, 3.63) is 10.6 Å². The third-order valence-electron chi connectivity index (χ3n) is 3.61. The van der Waals surface area contributed by atoms with Crippen LogP contribution in [0.15, 0.2) is 19.3 Å². The Morgan fingerprint density at radius 2 is 1.92 bits per heavy atom. The van der Waals surface area contributed by atoms with Crippen LogP contribution in [-0.2, 0) is 14.4 Å². The number of rotatable bonds is 8. The summed E-state index contributed by atoms with van der Waals surface area (Å²) < 4.78 is 1.11. The largest absolute Gasteiger partial charge is 0.481 e. The van der Waals surface area contributed by atoms with Crippen LogP contribution in [0, 0.1) is 5.92 Å². The zero-order valence-electron chi connectivity index (χ0n) is 13.2. The molecule has 1 aromatic heterocycles. The van der Waals surface area contributed by atoms with Gasteiger partial charge < -0.3 is 15.3 Å². The molecule has 0 spiro atoms. The molecule has 1 amide bonds. The molecule has 3 atom stereocenters. The lowest BCUT2D eigenvalue weighted by Gasteiger charge is -2.43. The minimum atomic E-state index is -1.18. The number of aliphatic carboxylic acids is 2. The molecule has 0 aliphatic carbocycles. The first kappa shape index (κ1) is 19.5. The van der Waals surface area contributed by atoms with Gasteiger partial charge in [-0.2, -0.15) is 0 Å². The molecule has 3 N–H and O–H groups in total. The molecule has 1 aromatic rings. The Bertz CT molecular complexity index is 795. The molecule has 26 heavy (non-hydrogen) atoms. The van der Waals surface area contributed by atoms with Gasteiger partial charge in [-0.3, -0.25) is 14.5 Å². The summed E-state index contributed by atoms with van der Waals surface area (Å²) in [7, 11) is 0. The molecule has 140 valence electrons. The first-order valence-corrected chi connectivity index (χ1v) is 10.9. The fraction of sp³-hybridized carbons (Fsp3) is 0.462. The number of carbonyl (C=O) groups excluding carboxylic acids is 1. The molecule has 1 saturated heterocycles. The Labute approximate surface area is 164 Å². The van der Waals surface area contributed by atoms with Gasteiger partial charge in [0.25, 0.3) is 0 Å². The number of carbonyl (C=O) groups is 3. The number of carboxylic acid groups (broad SMARTS) is 2. The summed E-state index contributed by atoms with van der Waals surface area (Å²) in [6.45, 7) is 1.52. The number of β-lactam (4-membered cyclic amide) rings is 1. The number of thioether (sulfide) groups is 3. The average molecular weight is 436 g/mol. The van der Waals surface area contributed by atoms with E-state index in [9.17, 15) is 24.6 Å². The van der Waals surface area contributed by atoms with Crippen molar-refractivity contribution in [1.82, 2.24) is 15.1 Å². The zero-order valence-corrected chi connectivity index (χ0v) is 16.5. The maximum atomic E-state index is 12.1. The summed E-state index contributed by atoms with van der Waals surface area (Å²) in [4.78, 5) is 36.0. The van der Waals surface area contributed by atoms with E-state index >= 15 is 0 Å². The molecule has 0 unspecified atom stereocenters. The van der Waals surface area contributed by atoms with Crippen molar-refractivity contribution in [3.63, 3.8) is 0 Å². The van der Waals surface area contributed by atoms with Gasteiger partial charge in [-0.15, -0.1) is 22.0 Å². The molecule has 0 radical (unpaired) electrons. The summed E-state index contributed by atoms with van der Waals surface area (Å²) >= 11 is 4.85. The van der Waals surface area contributed by atoms with E-state index in [1.54, 1.807) is 0 Å². The van der Waals surface area contributed by atoms with E-state index < -0.39 is 24.0 Å². The molecule has 2 aliphatic rings. The van der Waals surface area contributed by atoms with Gasteiger partial charge in [-0.05, 0) is 6.92 Å². The average Bonchev–Trinajstić information content (AvgIpc) is 3.12. The number of hydrogen-bond donors (Lipinski definition) is 3. The van der Waals surface area contributed by atoms with Crippen molar-refractivity contribution >= 4 is 64.5 Å². The van der Waals surface area contributed by atoms with Gasteiger partial charge in [-0.25, -0.2) is 4.79 Å². The summed E-state index contributed by atoms with van der Waals surface area (Å²) in [5.41, 5.74) is -0.0422. The molecule has 9 nitrogen and oxygen atoms in total. The SMILES string of the molecule is C[C@@H](O)[C@H]1C(=O)N2C(C(=O)O)=C(CSc3nnc(SCC(=O)O)s3)S[C@H]12. The topological polar surface area (TPSA) is 141 Å². The van der Waals surface area contributed by atoms with Crippen LogP contribution in [0.3, 0.4) is 0 Å². The van der Waals surface area contributed by atoms with Crippen LogP contribution < -0.4 is 0 Å². The van der Waals surface area contributed by atoms with E-state index in [1.807, 2.05) is 0 Å². The second kappa shape index (κ2) is 7.76. The first-order chi connectivity index (χ1) is 12.3. The number of nitrogens with zero attached hydrogens (tertiary/aromatic N) is 3. The van der Waals surface area contributed by atoms with Gasteiger partial charge in [0, 0.05) is 10.7 Å². The van der Waals surface area contributed by atoms with E-state index in [0.717, 1.165) is 11.8 Å². The van der Waals surface area contributed by atoms with E-state index in [0.29, 0.717) is 19.3 Å². The summed E-state index contributed by atoms with van der Waals surface area (Å²) in [6.07, 6.45) is -0.838. The fourth-order valence-corrected chi connectivity index (χ4v) is 6.97. The van der Waals surface area contributed by atoms with Gasteiger partial charge in [0.2, 0.25) is 5.91 Å². The lowest BCUT2D eigenvalue weighted by Crippen LogP contribution is -2.60. The van der Waals surface area contributed by atoms with E-state index in [4.69, 9.17) is 5.11 Å². The highest BCUT2D eigenvalue weighted by atomic mass is 32.2. The lowest BCUT2D eigenvalue weighted by molar-refractivity contribution is -0.156. The standard InChI is InChI=1S/C13H13N3O6S4/c1-4(17)7-9(20)16-8(11(21)22)5(25-10(7)16)2-23-12-14-15-13(26-12)24-3-6(18)19/h4,7,10,17H,2-3H2,1H3,(H,18,19)(H,21,22)/t4-,7+,10-/m1/s1. The molecule has 1 fully saturated rings. The molecule has 2 aliphatic heterocycles. The van der Waals surface area contributed by atoms with Crippen molar-refractivity contribution in [3.8, 4) is 0 Å². The maximum absolute atomic E-state index is 12.1. The molecule has 0 bridgehead atoms. The fourth-order valence-electron chi connectivity index (χ4n) is 2.52. The maximum Gasteiger partial charge on any atom is 0.353 e. The van der Waals surface area contributed by atoms with Gasteiger partial charge >= 0.3 is 11.9 Å². The monoisotopic (exact) mass is 435 g/mol. The number of aromatic nitrogens is 2. The van der Waals surface area contributed by atoms with Gasteiger partial charge in [-0.1, -0.05) is 34.9 Å². The van der Waals surface area contributed by atoms with Crippen molar-refractivity contribution in [2.24, 2.45) is 5.92 Å². The summed E-state index contributed by atoms with van der Waals surface area (Å²) in [6, 6.07) is 0. The van der Waals surface area contributed by atoms with Crippen molar-refractivity contribution in [2.45, 2.75) is 27.1 Å². The quantitative estimate of drug-likeness (QED) is 0.398. The molecular formula is C13H13N3O6S4. The third-order valence-corrected chi connectivity index (χ3v) is 8.36. The van der Waals surface area contributed by atoms with Crippen LogP contribution >= 0.6 is 46.6 Å². The van der Waals surface area contributed by atoms with E-state index in [2.05, 4.69) is 10.2 Å². The third kappa shape index (κ3) is 3.71.